The zero-order chi connectivity index (χ0) is 112. The highest BCUT2D eigenvalue weighted by atomic mass is 127. The SMILES string of the molecule is C.C/C=C(/C)CC(C)(C)CP[B]I.C/C=C(/C)CC(C)C(C)C(C)C.C=C(C)C(C)C(C)(C)CC(C)C(C)C(C)C.CC(C)C(C)C(C)CC(C)(C)[CH+]C(C)(C)CC(C)(C)CP[B]I.C[C+](C(C)C)C(C)CC(C)(C)CC(C)(C)CC(C)(C)CP[B]I.C[C+](C)CP[B]I.C[C+](CC(C)(C)CP[B]I)C(C)C(C)(C)CC(C)C(C)C(C)C.C[C+](CC(C)C(C)C(C)C)C(C)C(C)(C)CC(C)(C)CP[B]I. The molecule has 0 nitrogen and oxygen atoms in total. The maximum atomic E-state index is 4.11. The first kappa shape index (κ1) is 163. The van der Waals surface area contributed by atoms with E-state index in [2.05, 4.69) is 604 Å². The standard InChI is InChI=1S/4C20H41BIP.C16H32.C12H24.C9H18BIP.C4H9BIP.CH4/c2*1-15(2)17(4)16(3)11-18(5,6)12-19(7,8)13-20(9,10)14-23-21-22;1-14(2)17(5)15(3)12-20(9,10)18(6)16(4)11-19(7,8)13-23-21-22;1-14(2)17(5)15(3)11-16(4)18(6)20(9,10)12-19(7,8)13-23-21-22;1-11(2)14(6)13(5)10-16(8,9)15(7)12(3)4;1-7-10(4)8-11(5)12(6)9(2)3;1-5-8(2)6-9(3,4)7-12-10-11;1-4(2)3-7-5-6;/h15-16,23H,11-14H2,1-10H3;12,15-17,23H,11,13-14H2,1-10H3;2*14-15,17-18,23H,11-13H2,1-10H3;11,13-15H,3,10H2,1-2,4-9H3;7,9,11-12H,8H2,1-6H3;5,12H,6-7H2,1-4H3;7H,3H2,1-2H3;1H4/q4*+1;;;;+1;/b;;;;;10-7-;8-5-;;. The number of hydrogen-bond donors (Lipinski definition) is 0. The third-order valence-corrected chi connectivity index (χ3v) is 48.3. The Morgan fingerprint density at radius 1 is 0.336 bits per heavy atom. The summed E-state index contributed by atoms with van der Waals surface area (Å²) >= 11 is 14.2. The minimum Gasteiger partial charge on any atom is -0.152 e. The van der Waals surface area contributed by atoms with Crippen LogP contribution < -0.4 is 0 Å². The molecule has 18 heteroatoms. The molecule has 6 radical (unpaired) electrons. The largest absolute Gasteiger partial charge is 0.234 e. The van der Waals surface area contributed by atoms with E-state index in [4.69, 9.17) is 0 Å². The van der Waals surface area contributed by atoms with Crippen molar-refractivity contribution in [1.29, 1.82) is 0 Å². The van der Waals surface area contributed by atoms with Crippen molar-refractivity contribution in [2.45, 2.75) is 500 Å². The quantitative estimate of drug-likeness (QED) is 0.0187. The summed E-state index contributed by atoms with van der Waals surface area (Å²) in [5.74, 6) is 22.0. The van der Waals surface area contributed by atoms with Gasteiger partial charge in [-0.3, -0.25) is 0 Å². The smallest absolute Gasteiger partial charge is 0.152 e. The van der Waals surface area contributed by atoms with E-state index >= 15 is 0 Å². The number of rotatable bonds is 62. The fourth-order valence-corrected chi connectivity index (χ4v) is 30.6. The van der Waals surface area contributed by atoms with Crippen LogP contribution in [-0.4, -0.2) is 66.1 Å². The van der Waals surface area contributed by atoms with Crippen LogP contribution in [0.4, 0.5) is 0 Å². The van der Waals surface area contributed by atoms with Crippen molar-refractivity contribution in [3.8, 4) is 0 Å². The lowest BCUT2D eigenvalue weighted by atomic mass is 9.64. The van der Waals surface area contributed by atoms with Crippen LogP contribution in [0.2, 0.25) is 0 Å². The Morgan fingerprint density at radius 2 is 0.643 bits per heavy atom. The molecule has 0 saturated carbocycles. The van der Waals surface area contributed by atoms with Crippen LogP contribution in [0.3, 0.4) is 0 Å². The van der Waals surface area contributed by atoms with Gasteiger partial charge in [0.05, 0.1) is 95.6 Å². The fraction of sp³-hybridized carbons (Fsp3) is 0.910. The van der Waals surface area contributed by atoms with E-state index in [1.54, 1.807) is 17.8 Å². The van der Waals surface area contributed by atoms with E-state index < -0.39 is 0 Å². The highest BCUT2D eigenvalue weighted by molar-refractivity contribution is 14.1. The Hall–Kier alpha value is 5.92. The fourth-order valence-electron chi connectivity index (χ4n) is 22.3. The maximum Gasteiger partial charge on any atom is 0.234 e. The molecule has 0 aromatic rings. The van der Waals surface area contributed by atoms with Crippen LogP contribution in [0.25, 0.3) is 0 Å². The molecule has 0 aromatic carbocycles. The second kappa shape index (κ2) is 81.5. The minimum atomic E-state index is 0. The van der Waals surface area contributed by atoms with E-state index in [1.165, 1.54) is 137 Å². The second-order valence-corrected chi connectivity index (χ2v) is 73.9. The average Bonchev–Trinajstić information content (AvgIpc) is 0.851. The van der Waals surface area contributed by atoms with Crippen LogP contribution >= 0.6 is 185 Å². The highest BCUT2D eigenvalue weighted by Gasteiger charge is 2.47. The summed E-state index contributed by atoms with van der Waals surface area (Å²) in [6.45, 7) is 147. The molecule has 0 fully saturated rings. The lowest BCUT2D eigenvalue weighted by Crippen LogP contribution is -2.33. The van der Waals surface area contributed by atoms with Gasteiger partial charge in [-0.25, -0.2) is 0 Å². The molecule has 0 spiro atoms. The number of halogens is 6. The normalized spacial score (nSPS) is 16.5. The third kappa shape index (κ3) is 86.0. The number of allylic oxidation sites excluding steroid dienone is 5. The summed E-state index contributed by atoms with van der Waals surface area (Å²) in [7, 11) is 5.96. The minimum absolute atomic E-state index is 0. The van der Waals surface area contributed by atoms with E-state index in [1.807, 2.05) is 0 Å². The molecule has 0 rings (SSSR count). The van der Waals surface area contributed by atoms with Crippen LogP contribution in [0.1, 0.15) is 500 Å². The lowest BCUT2D eigenvalue weighted by molar-refractivity contribution is 0.117. The summed E-state index contributed by atoms with van der Waals surface area (Å²) in [6.07, 6.45) is 30.5. The molecular formula is C122H251B6I6P6+5. The number of hydrogen-bond acceptors (Lipinski definition) is 0. The van der Waals surface area contributed by atoms with Gasteiger partial charge in [-0.15, -0.1) is 50.8 Å². The molecule has 140 heavy (non-hydrogen) atoms. The molecule has 20 unspecified atom stereocenters. The summed E-state index contributed by atoms with van der Waals surface area (Å²) in [5.41, 5.74) is 9.14. The van der Waals surface area contributed by atoms with Gasteiger partial charge in [0.15, 0.2) is 0 Å². The van der Waals surface area contributed by atoms with Crippen molar-refractivity contribution < 1.29 is 0 Å². The van der Waals surface area contributed by atoms with Crippen LogP contribution in [-0.2, 0) is 0 Å². The van der Waals surface area contributed by atoms with Gasteiger partial charge in [0.25, 0.3) is 0 Å². The molecule has 20 atom stereocenters. The molecule has 0 heterocycles. The highest BCUT2D eigenvalue weighted by Crippen LogP contribution is 2.53. The summed E-state index contributed by atoms with van der Waals surface area (Å²) in [5, 5.41) is 0. The van der Waals surface area contributed by atoms with Crippen LogP contribution in [0.5, 0.6) is 0 Å². The van der Waals surface area contributed by atoms with Crippen molar-refractivity contribution in [2.75, 3.05) is 37.0 Å². The van der Waals surface area contributed by atoms with Crippen molar-refractivity contribution in [3.63, 3.8) is 0 Å². The molecule has 0 aliphatic rings. The molecule has 824 valence electrons. The van der Waals surface area contributed by atoms with Crippen molar-refractivity contribution in [3.05, 3.63) is 65.5 Å². The van der Waals surface area contributed by atoms with E-state index in [0.717, 1.165) is 145 Å². The molecule has 0 amide bonds. The Balaban J connectivity index is -0.000000204. The van der Waals surface area contributed by atoms with Gasteiger partial charge in [0.2, 0.25) is 29.1 Å². The van der Waals surface area contributed by atoms with Gasteiger partial charge in [-0.1, -0.05) is 327 Å². The summed E-state index contributed by atoms with van der Waals surface area (Å²) in [4.78, 5) is 13.7. The molecule has 0 aliphatic carbocycles. The van der Waals surface area contributed by atoms with Gasteiger partial charge in [-0.05, 0) is 325 Å². The van der Waals surface area contributed by atoms with Crippen molar-refractivity contribution in [1.82, 2.24) is 0 Å². The lowest BCUT2D eigenvalue weighted by Gasteiger charge is -2.41. The molecule has 0 bridgehead atoms. The molecular weight excluding hydrogens is 2480 g/mol. The first-order chi connectivity index (χ1) is 62.5. The predicted octanol–water partition coefficient (Wildman–Crippen LogP) is 47.4. The Kier molecular flexibility index (Phi) is 95.2. The first-order valence-electron chi connectivity index (χ1n) is 55.4. The zero-order valence-corrected chi connectivity index (χ0v) is 124. The van der Waals surface area contributed by atoms with Gasteiger partial charge in [0.1, 0.15) is 22.7 Å². The second-order valence-electron chi connectivity index (χ2n) is 56.8. The van der Waals surface area contributed by atoms with Gasteiger partial charge in [-0.2, -0.15) is 134 Å². The van der Waals surface area contributed by atoms with Gasteiger partial charge in [0, 0.05) is 16.2 Å². The molecule has 0 aromatic heterocycles. The zero-order valence-electron chi connectivity index (χ0n) is 105. The summed E-state index contributed by atoms with van der Waals surface area (Å²) in [6, 6.07) is 0. The van der Waals surface area contributed by atoms with Crippen LogP contribution in [0, 0.1) is 213 Å². The maximum absolute atomic E-state index is 4.11. The molecule has 0 aliphatic heterocycles. The summed E-state index contributed by atoms with van der Waals surface area (Å²) < 4.78 is 0. The van der Waals surface area contributed by atoms with E-state index in [0.29, 0.717) is 88.7 Å². The Labute approximate surface area is 988 Å². The Morgan fingerprint density at radius 3 is 0.971 bits per heavy atom. The predicted molar refractivity (Wildman–Crippen MR) is 742 cm³/mol. The topological polar surface area (TPSA) is 0 Å². The first-order valence-corrected chi connectivity index (χ1v) is 70.6. The molecule has 0 saturated heterocycles. The molecule has 0 N–H and O–H groups in total. The Bertz CT molecular complexity index is 2970. The average molecular weight is 2730 g/mol. The van der Waals surface area contributed by atoms with Gasteiger partial charge < -0.3 is 0 Å². The van der Waals surface area contributed by atoms with Gasteiger partial charge >= 0.3 is 0 Å². The van der Waals surface area contributed by atoms with Crippen molar-refractivity contribution >= 4 is 214 Å². The monoisotopic (exact) mass is 2730 g/mol. The van der Waals surface area contributed by atoms with E-state index in [9.17, 15) is 0 Å². The van der Waals surface area contributed by atoms with E-state index in [-0.39, 0.29) is 7.43 Å². The third-order valence-electron chi connectivity index (χ3n) is 32.7. The van der Waals surface area contributed by atoms with Crippen molar-refractivity contribution in [2.24, 2.45) is 183 Å². The van der Waals surface area contributed by atoms with Crippen LogP contribution in [0.15, 0.2) is 35.5 Å².